The van der Waals surface area contributed by atoms with Crippen LogP contribution in [-0.2, 0) is 22.6 Å². The minimum Gasteiger partial charge on any atom is -0.488 e. The van der Waals surface area contributed by atoms with Crippen LogP contribution < -0.4 is 15.4 Å². The van der Waals surface area contributed by atoms with Crippen molar-refractivity contribution in [1.29, 1.82) is 0 Å². The number of piperazine rings is 1. The van der Waals surface area contributed by atoms with Crippen LogP contribution in [0.4, 0.5) is 13.2 Å². The number of halogens is 4. The topological polar surface area (TPSA) is 94.1 Å². The molecule has 0 radical (unpaired) electrons. The average Bonchev–Trinajstić information content (AvgIpc) is 3.54. The highest BCUT2D eigenvalue weighted by Gasteiger charge is 2.42. The third kappa shape index (κ3) is 7.80. The first-order chi connectivity index (χ1) is 23.6. The second kappa shape index (κ2) is 15.3. The molecular weight excluding hydrogens is 657 g/mol. The molecule has 12 heteroatoms. The number of aliphatic hydroxyl groups is 1. The highest BCUT2D eigenvalue weighted by atomic mass is 35.5. The molecule has 8 nitrogen and oxygen atoms in total. The number of β-amino-alcohol motifs (C(OH)–C–C–N with tert-alkyl or cyclic N) is 1. The van der Waals surface area contributed by atoms with Gasteiger partial charge in [-0.25, -0.2) is 8.78 Å². The summed E-state index contributed by atoms with van der Waals surface area (Å²) in [5, 5.41) is 17.3. The molecule has 3 aromatic rings. The van der Waals surface area contributed by atoms with E-state index in [0.717, 1.165) is 34.4 Å². The van der Waals surface area contributed by atoms with Gasteiger partial charge in [0.25, 0.3) is 5.91 Å². The molecule has 2 amide bonds. The Morgan fingerprint density at radius 2 is 1.80 bits per heavy atom. The third-order valence-electron chi connectivity index (χ3n) is 9.50. The number of hydrogen-bond donors (Lipinski definition) is 3. The van der Waals surface area contributed by atoms with Gasteiger partial charge >= 0.3 is 0 Å². The molecule has 2 bridgehead atoms. The molecule has 4 atom stereocenters. The van der Waals surface area contributed by atoms with Crippen LogP contribution >= 0.6 is 11.6 Å². The van der Waals surface area contributed by atoms with Crippen LogP contribution in [-0.4, -0.2) is 83.7 Å². The van der Waals surface area contributed by atoms with Crippen LogP contribution in [0.25, 0.3) is 5.57 Å². The molecule has 3 aromatic carbocycles. The van der Waals surface area contributed by atoms with Gasteiger partial charge < -0.3 is 30.3 Å². The van der Waals surface area contributed by atoms with E-state index in [0.29, 0.717) is 69.0 Å². The summed E-state index contributed by atoms with van der Waals surface area (Å²) in [7, 11) is 0. The van der Waals surface area contributed by atoms with Gasteiger partial charge in [-0.1, -0.05) is 54.1 Å². The summed E-state index contributed by atoms with van der Waals surface area (Å²) >= 11 is 6.48. The number of nitrogens with zero attached hydrogens (tertiary/aromatic N) is 2. The van der Waals surface area contributed by atoms with Gasteiger partial charge in [0.05, 0.1) is 24.8 Å². The van der Waals surface area contributed by atoms with Gasteiger partial charge in [0.15, 0.2) is 17.4 Å². The summed E-state index contributed by atoms with van der Waals surface area (Å²) < 4.78 is 46.6. The Morgan fingerprint density at radius 1 is 1.04 bits per heavy atom. The number of aliphatic hydroxyl groups excluding tert-OH is 1. The third-order valence-corrected chi connectivity index (χ3v) is 9.87. The predicted octanol–water partition coefficient (Wildman–Crippen LogP) is 4.87. The van der Waals surface area contributed by atoms with E-state index in [1.807, 2.05) is 54.3 Å². The fraction of sp³-hybridized carbons (Fsp3) is 0.405. The van der Waals surface area contributed by atoms with E-state index in [-0.39, 0.29) is 24.5 Å². The second-order valence-corrected chi connectivity index (χ2v) is 13.2. The smallest absolute Gasteiger partial charge is 0.252 e. The SMILES string of the molecule is CCN(Cc1ccccc1Cl)C(=O)C1=C(c2ccc(CCCOc3c(F)ccc(F)c3F)cc2)C[C@H]2CN(C(=O)C3C[C@@H](O)CN3)C[C@@H]1N2. The van der Waals surface area contributed by atoms with Crippen molar-refractivity contribution in [1.82, 2.24) is 20.4 Å². The summed E-state index contributed by atoms with van der Waals surface area (Å²) in [4.78, 5) is 31.5. The van der Waals surface area contributed by atoms with Gasteiger partial charge in [-0.2, -0.15) is 4.39 Å². The highest BCUT2D eigenvalue weighted by molar-refractivity contribution is 6.31. The van der Waals surface area contributed by atoms with Crippen molar-refractivity contribution in [3.8, 4) is 5.75 Å². The molecule has 2 fully saturated rings. The van der Waals surface area contributed by atoms with Crippen LogP contribution in [0.2, 0.25) is 5.02 Å². The molecule has 0 spiro atoms. The first-order valence-electron chi connectivity index (χ1n) is 16.7. The van der Waals surface area contributed by atoms with Crippen molar-refractivity contribution in [2.45, 2.75) is 63.4 Å². The van der Waals surface area contributed by atoms with Crippen LogP contribution in [0.1, 0.15) is 42.9 Å². The lowest BCUT2D eigenvalue weighted by atomic mass is 9.82. The zero-order chi connectivity index (χ0) is 34.7. The second-order valence-electron chi connectivity index (χ2n) is 12.8. The van der Waals surface area contributed by atoms with Gasteiger partial charge in [0.2, 0.25) is 11.7 Å². The van der Waals surface area contributed by atoms with Crippen molar-refractivity contribution in [2.24, 2.45) is 0 Å². The molecular formula is C37H40ClF3N4O4. The normalized spacial score (nSPS) is 22.0. The van der Waals surface area contributed by atoms with Crippen molar-refractivity contribution < 1.29 is 32.6 Å². The lowest BCUT2D eigenvalue weighted by molar-refractivity contribution is -0.136. The van der Waals surface area contributed by atoms with E-state index in [2.05, 4.69) is 10.6 Å². The molecule has 3 N–H and O–H groups in total. The molecule has 0 aromatic heterocycles. The lowest BCUT2D eigenvalue weighted by Crippen LogP contribution is -2.63. The maximum atomic E-state index is 14.5. The molecule has 0 aliphatic carbocycles. The van der Waals surface area contributed by atoms with Gasteiger partial charge in [0, 0.05) is 49.4 Å². The number of carbonyl (C=O) groups is 2. The minimum absolute atomic E-state index is 0.000713. The van der Waals surface area contributed by atoms with E-state index in [9.17, 15) is 27.9 Å². The van der Waals surface area contributed by atoms with E-state index >= 15 is 0 Å². The number of fused-ring (bicyclic) bond motifs is 2. The van der Waals surface area contributed by atoms with Crippen LogP contribution in [0.5, 0.6) is 5.75 Å². The van der Waals surface area contributed by atoms with Crippen molar-refractivity contribution >= 4 is 29.0 Å². The fourth-order valence-corrected chi connectivity index (χ4v) is 7.16. The zero-order valence-electron chi connectivity index (χ0n) is 27.2. The van der Waals surface area contributed by atoms with E-state index in [1.54, 1.807) is 11.0 Å². The average molecular weight is 697 g/mol. The minimum atomic E-state index is -1.34. The maximum Gasteiger partial charge on any atom is 0.252 e. The Labute approximate surface area is 288 Å². The summed E-state index contributed by atoms with van der Waals surface area (Å²) in [5.74, 6) is -4.38. The number of amides is 2. The molecule has 0 saturated carbocycles. The highest BCUT2D eigenvalue weighted by Crippen LogP contribution is 2.35. The molecule has 3 heterocycles. The van der Waals surface area contributed by atoms with Crippen molar-refractivity contribution in [3.63, 3.8) is 0 Å². The molecule has 3 aliphatic rings. The standard InChI is InChI=1S/C37H40ClF3N4O4/c1-2-44(19-24-7-3-4-8-28(24)38)37(48)33-27(16-25-20-45(21-32(33)43-25)36(47)31-17-26(46)18-42-31)23-11-9-22(10-12-23)6-5-15-49-35-30(40)14-13-29(39)34(35)41/h3-4,7-14,25-26,31-32,42-43,46H,2,5-6,15-21H2,1H3/t25-,26+,31?,32-/m0/s1. The summed E-state index contributed by atoms with van der Waals surface area (Å²) in [6.45, 7) is 3.90. The van der Waals surface area contributed by atoms with Crippen LogP contribution in [0.3, 0.4) is 0 Å². The van der Waals surface area contributed by atoms with Gasteiger partial charge in [-0.3, -0.25) is 9.59 Å². The predicted molar refractivity (Wildman–Crippen MR) is 180 cm³/mol. The maximum absolute atomic E-state index is 14.5. The van der Waals surface area contributed by atoms with Gasteiger partial charge in [-0.05, 0) is 73.1 Å². The number of hydrogen-bond acceptors (Lipinski definition) is 6. The van der Waals surface area contributed by atoms with E-state index in [1.165, 1.54) is 0 Å². The number of likely N-dealkylation sites (N-methyl/N-ethyl adjacent to an activating group) is 1. The molecule has 260 valence electrons. The molecule has 3 aliphatic heterocycles. The first kappa shape index (κ1) is 34.9. The molecule has 6 rings (SSSR count). The van der Waals surface area contributed by atoms with Crippen LogP contribution in [0.15, 0.2) is 66.2 Å². The lowest BCUT2D eigenvalue weighted by Gasteiger charge is -2.45. The number of aryl methyl sites for hydroxylation is 1. The molecule has 49 heavy (non-hydrogen) atoms. The number of nitrogens with one attached hydrogen (secondary N) is 2. The largest absolute Gasteiger partial charge is 0.488 e. The number of benzene rings is 3. The quantitative estimate of drug-likeness (QED) is 0.196. The Balaban J connectivity index is 1.22. The van der Waals surface area contributed by atoms with Crippen molar-refractivity contribution in [2.75, 3.05) is 32.8 Å². The molecule has 2 saturated heterocycles. The van der Waals surface area contributed by atoms with Gasteiger partial charge in [-0.15, -0.1) is 0 Å². The van der Waals surface area contributed by atoms with E-state index in [4.69, 9.17) is 16.3 Å². The summed E-state index contributed by atoms with van der Waals surface area (Å²) in [6.07, 6.45) is 1.34. The number of carbonyl (C=O) groups excluding carboxylic acids is 2. The monoisotopic (exact) mass is 696 g/mol. The Kier molecular flexibility index (Phi) is 10.9. The summed E-state index contributed by atoms with van der Waals surface area (Å²) in [5.41, 5.74) is 4.24. The van der Waals surface area contributed by atoms with Crippen LogP contribution in [0, 0.1) is 17.5 Å². The Hall–Kier alpha value is -3.90. The first-order valence-corrected chi connectivity index (χ1v) is 17.1. The van der Waals surface area contributed by atoms with Crippen molar-refractivity contribution in [3.05, 3.63) is 105 Å². The summed E-state index contributed by atoms with van der Waals surface area (Å²) in [6, 6.07) is 15.9. The number of ether oxygens (including phenoxy) is 1. The number of rotatable bonds is 11. The Bertz CT molecular complexity index is 1720. The van der Waals surface area contributed by atoms with E-state index < -0.39 is 41.4 Å². The Morgan fingerprint density at radius 3 is 2.51 bits per heavy atom. The molecule has 1 unspecified atom stereocenters. The van der Waals surface area contributed by atoms with Gasteiger partial charge in [0.1, 0.15) is 0 Å². The fourth-order valence-electron chi connectivity index (χ4n) is 6.97. The zero-order valence-corrected chi connectivity index (χ0v) is 28.0.